The maximum atomic E-state index is 13.2. The van der Waals surface area contributed by atoms with Crippen molar-refractivity contribution in [2.45, 2.75) is 25.3 Å². The van der Waals surface area contributed by atoms with Gasteiger partial charge in [0, 0.05) is 13.1 Å². The van der Waals surface area contributed by atoms with Crippen LogP contribution in [0.5, 0.6) is 0 Å². The molecule has 9 heteroatoms. The van der Waals surface area contributed by atoms with Crippen molar-refractivity contribution in [2.75, 3.05) is 18.0 Å². The van der Waals surface area contributed by atoms with Crippen molar-refractivity contribution in [3.05, 3.63) is 48.0 Å². The molecule has 2 aromatic heterocycles. The predicted octanol–water partition coefficient (Wildman–Crippen LogP) is 3.34. The van der Waals surface area contributed by atoms with E-state index >= 15 is 0 Å². The molecule has 0 aliphatic carbocycles. The number of hydrogen-bond donors (Lipinski definition) is 1. The van der Waals surface area contributed by atoms with Gasteiger partial charge in [0.25, 0.3) is 0 Å². The molecular weight excluding hydrogens is 347 g/mol. The van der Waals surface area contributed by atoms with Crippen LogP contribution in [0.25, 0.3) is 11.2 Å². The molecule has 3 heterocycles. The van der Waals surface area contributed by atoms with E-state index in [0.29, 0.717) is 18.6 Å². The number of nitrogens with one attached hydrogen (secondary N) is 1. The molecule has 6 nitrogen and oxygen atoms in total. The predicted molar refractivity (Wildman–Crippen MR) is 88.6 cm³/mol. The molecular formula is C17H16F3N5O. The first-order valence-corrected chi connectivity index (χ1v) is 8.15. The maximum Gasteiger partial charge on any atom is 0.451 e. The minimum absolute atomic E-state index is 0.00210. The van der Waals surface area contributed by atoms with E-state index in [1.54, 1.807) is 4.90 Å². The van der Waals surface area contributed by atoms with Gasteiger partial charge in [0.2, 0.25) is 5.82 Å². The molecule has 2 atom stereocenters. The highest BCUT2D eigenvalue weighted by Gasteiger charge is 2.37. The standard InChI is InChI=1S/C17H16F3N5O/c1-10-7-25(8-12(26-10)11-5-3-2-4-6-11)15-13-14(22-9-21-13)23-16(24-15)17(18,19)20/h2-6,9-10,12H,7-8H2,1H3,(H,21,22,23,24). The summed E-state index contributed by atoms with van der Waals surface area (Å²) in [5, 5.41) is 0. The van der Waals surface area contributed by atoms with E-state index in [4.69, 9.17) is 4.74 Å². The van der Waals surface area contributed by atoms with Gasteiger partial charge in [-0.3, -0.25) is 0 Å². The van der Waals surface area contributed by atoms with Crippen molar-refractivity contribution < 1.29 is 17.9 Å². The van der Waals surface area contributed by atoms with Crippen molar-refractivity contribution in [3.8, 4) is 0 Å². The van der Waals surface area contributed by atoms with Crippen LogP contribution < -0.4 is 4.90 Å². The average Bonchev–Trinajstić information content (AvgIpc) is 3.09. The van der Waals surface area contributed by atoms with Gasteiger partial charge in [-0.05, 0) is 12.5 Å². The zero-order valence-corrected chi connectivity index (χ0v) is 13.9. The van der Waals surface area contributed by atoms with E-state index in [1.807, 2.05) is 37.3 Å². The number of halogens is 3. The third-order valence-electron chi connectivity index (χ3n) is 4.25. The zero-order chi connectivity index (χ0) is 18.3. The Bertz CT molecular complexity index is 912. The summed E-state index contributed by atoms with van der Waals surface area (Å²) < 4.78 is 45.5. The minimum Gasteiger partial charge on any atom is -0.367 e. The highest BCUT2D eigenvalue weighted by molar-refractivity contribution is 5.83. The fourth-order valence-corrected chi connectivity index (χ4v) is 3.15. The molecule has 1 fully saturated rings. The van der Waals surface area contributed by atoms with E-state index < -0.39 is 12.0 Å². The SMILES string of the molecule is CC1CN(c2nc(C(F)(F)F)nc3nc[nH]c23)CC(c2ccccc2)O1. The fraction of sp³-hybridized carbons (Fsp3) is 0.353. The summed E-state index contributed by atoms with van der Waals surface area (Å²) in [6.07, 6.45) is -3.75. The van der Waals surface area contributed by atoms with Crippen molar-refractivity contribution in [1.29, 1.82) is 0 Å². The van der Waals surface area contributed by atoms with E-state index in [0.717, 1.165) is 5.56 Å². The second-order valence-electron chi connectivity index (χ2n) is 6.22. The van der Waals surface area contributed by atoms with Crippen molar-refractivity contribution in [2.24, 2.45) is 0 Å². The number of benzene rings is 1. The van der Waals surface area contributed by atoms with Crippen molar-refractivity contribution in [1.82, 2.24) is 19.9 Å². The third kappa shape index (κ3) is 3.10. The molecule has 3 aromatic rings. The molecule has 4 rings (SSSR count). The number of aromatic amines is 1. The Morgan fingerprint density at radius 3 is 2.65 bits per heavy atom. The average molecular weight is 363 g/mol. The lowest BCUT2D eigenvalue weighted by molar-refractivity contribution is -0.144. The fourth-order valence-electron chi connectivity index (χ4n) is 3.15. The summed E-state index contributed by atoms with van der Waals surface area (Å²) in [5.74, 6) is -1.00. The van der Waals surface area contributed by atoms with Crippen molar-refractivity contribution in [3.63, 3.8) is 0 Å². The molecule has 1 aromatic carbocycles. The number of rotatable bonds is 2. The molecule has 2 unspecified atom stereocenters. The van der Waals surface area contributed by atoms with Gasteiger partial charge in [0.1, 0.15) is 11.6 Å². The summed E-state index contributed by atoms with van der Waals surface area (Å²) in [4.78, 5) is 15.8. The van der Waals surface area contributed by atoms with Gasteiger partial charge in [-0.25, -0.2) is 15.0 Å². The van der Waals surface area contributed by atoms with Gasteiger partial charge in [0.15, 0.2) is 11.5 Å². The Labute approximate surface area is 147 Å². The molecule has 0 amide bonds. The first-order valence-electron chi connectivity index (χ1n) is 8.15. The molecule has 1 aliphatic rings. The van der Waals surface area contributed by atoms with Gasteiger partial charge < -0.3 is 14.6 Å². The van der Waals surface area contributed by atoms with Crippen LogP contribution in [0.4, 0.5) is 19.0 Å². The number of anilines is 1. The molecule has 26 heavy (non-hydrogen) atoms. The maximum absolute atomic E-state index is 13.2. The third-order valence-corrected chi connectivity index (χ3v) is 4.25. The molecule has 0 spiro atoms. The van der Waals surface area contributed by atoms with Crippen LogP contribution in [0.1, 0.15) is 24.4 Å². The number of alkyl halides is 3. The Morgan fingerprint density at radius 2 is 1.92 bits per heavy atom. The van der Waals surface area contributed by atoms with E-state index in [1.165, 1.54) is 6.33 Å². The number of aromatic nitrogens is 4. The Kier molecular flexibility index (Phi) is 4.03. The Balaban J connectivity index is 1.75. The zero-order valence-electron chi connectivity index (χ0n) is 13.9. The van der Waals surface area contributed by atoms with Gasteiger partial charge in [0.05, 0.1) is 12.4 Å². The topological polar surface area (TPSA) is 66.9 Å². The van der Waals surface area contributed by atoms with Gasteiger partial charge >= 0.3 is 6.18 Å². The highest BCUT2D eigenvalue weighted by atomic mass is 19.4. The van der Waals surface area contributed by atoms with Crippen LogP contribution in [-0.4, -0.2) is 39.1 Å². The summed E-state index contributed by atoms with van der Waals surface area (Å²) in [5.41, 5.74) is 1.35. The van der Waals surface area contributed by atoms with Crippen LogP contribution >= 0.6 is 0 Å². The summed E-state index contributed by atoms with van der Waals surface area (Å²) in [6, 6.07) is 9.59. The normalized spacial score (nSPS) is 21.3. The molecule has 0 radical (unpaired) electrons. The highest BCUT2D eigenvalue weighted by Crippen LogP contribution is 2.33. The van der Waals surface area contributed by atoms with E-state index in [9.17, 15) is 13.2 Å². The van der Waals surface area contributed by atoms with Gasteiger partial charge in [-0.1, -0.05) is 30.3 Å². The molecule has 1 saturated heterocycles. The summed E-state index contributed by atoms with van der Waals surface area (Å²) in [7, 11) is 0. The smallest absolute Gasteiger partial charge is 0.367 e. The Morgan fingerprint density at radius 1 is 1.15 bits per heavy atom. The Hall–Kier alpha value is -2.68. The van der Waals surface area contributed by atoms with Crippen LogP contribution in [-0.2, 0) is 10.9 Å². The summed E-state index contributed by atoms with van der Waals surface area (Å²) >= 11 is 0. The quantitative estimate of drug-likeness (QED) is 0.756. The first-order chi connectivity index (χ1) is 12.4. The molecule has 0 bridgehead atoms. The second-order valence-corrected chi connectivity index (χ2v) is 6.22. The van der Waals surface area contributed by atoms with Gasteiger partial charge in [-0.2, -0.15) is 13.2 Å². The van der Waals surface area contributed by atoms with E-state index in [-0.39, 0.29) is 23.7 Å². The van der Waals surface area contributed by atoms with Crippen LogP contribution in [0.15, 0.2) is 36.7 Å². The number of hydrogen-bond acceptors (Lipinski definition) is 5. The number of nitrogens with zero attached hydrogens (tertiary/aromatic N) is 4. The number of H-pyrrole nitrogens is 1. The lowest BCUT2D eigenvalue weighted by Gasteiger charge is -2.37. The minimum atomic E-state index is -4.64. The number of fused-ring (bicyclic) bond motifs is 1. The number of morpholine rings is 1. The lowest BCUT2D eigenvalue weighted by Crippen LogP contribution is -2.43. The van der Waals surface area contributed by atoms with E-state index in [2.05, 4.69) is 19.9 Å². The van der Waals surface area contributed by atoms with Crippen LogP contribution in [0, 0.1) is 0 Å². The molecule has 1 aliphatic heterocycles. The van der Waals surface area contributed by atoms with Gasteiger partial charge in [-0.15, -0.1) is 0 Å². The number of imidazole rings is 1. The lowest BCUT2D eigenvalue weighted by atomic mass is 10.1. The molecule has 1 N–H and O–H groups in total. The van der Waals surface area contributed by atoms with Crippen LogP contribution in [0.3, 0.4) is 0 Å². The summed E-state index contributed by atoms with van der Waals surface area (Å²) in [6.45, 7) is 2.70. The second kappa shape index (κ2) is 6.24. The van der Waals surface area contributed by atoms with Crippen molar-refractivity contribution >= 4 is 17.0 Å². The number of ether oxygens (including phenoxy) is 1. The monoisotopic (exact) mass is 363 g/mol. The molecule has 136 valence electrons. The largest absolute Gasteiger partial charge is 0.451 e. The van der Waals surface area contributed by atoms with Crippen LogP contribution in [0.2, 0.25) is 0 Å². The molecule has 0 saturated carbocycles. The first kappa shape index (κ1) is 16.8.